The van der Waals surface area contributed by atoms with Gasteiger partial charge in [0.05, 0.1) is 0 Å². The van der Waals surface area contributed by atoms with Crippen molar-refractivity contribution < 1.29 is 4.79 Å². The molecule has 1 unspecified atom stereocenters. The van der Waals surface area contributed by atoms with Crippen molar-refractivity contribution in [2.75, 3.05) is 6.54 Å². The number of rotatable bonds is 5. The first-order chi connectivity index (χ1) is 8.25. The molecule has 2 rings (SSSR count). The average Bonchev–Trinajstić information content (AvgIpc) is 3.13. The van der Waals surface area contributed by atoms with E-state index in [1.54, 1.807) is 0 Å². The smallest absolute Gasteiger partial charge is 0.220 e. The van der Waals surface area contributed by atoms with Crippen LogP contribution in [-0.4, -0.2) is 18.5 Å². The number of carbonyl (C=O) groups is 1. The van der Waals surface area contributed by atoms with Crippen LogP contribution < -0.4 is 11.1 Å². The van der Waals surface area contributed by atoms with Crippen molar-refractivity contribution in [1.82, 2.24) is 5.32 Å². The molecule has 2 saturated carbocycles. The minimum absolute atomic E-state index is 0.188. The number of hydrogen-bond donors (Lipinski definition) is 2. The summed E-state index contributed by atoms with van der Waals surface area (Å²) in [6.07, 6.45) is 11.0. The lowest BCUT2D eigenvalue weighted by molar-refractivity contribution is -0.122. The first-order valence-corrected chi connectivity index (χ1v) is 7.28. The van der Waals surface area contributed by atoms with Gasteiger partial charge in [-0.05, 0) is 37.5 Å². The van der Waals surface area contributed by atoms with Gasteiger partial charge in [0.2, 0.25) is 5.91 Å². The topological polar surface area (TPSA) is 55.1 Å². The van der Waals surface area contributed by atoms with E-state index in [0.29, 0.717) is 18.4 Å². The lowest BCUT2D eigenvalue weighted by Crippen LogP contribution is -2.39. The Labute approximate surface area is 105 Å². The van der Waals surface area contributed by atoms with E-state index < -0.39 is 0 Å². The quantitative estimate of drug-likeness (QED) is 0.721. The third-order valence-electron chi connectivity index (χ3n) is 4.21. The lowest BCUT2D eigenvalue weighted by atomic mass is 9.96. The van der Waals surface area contributed by atoms with Crippen LogP contribution in [0.5, 0.6) is 0 Å². The second-order valence-corrected chi connectivity index (χ2v) is 5.87. The lowest BCUT2D eigenvalue weighted by Gasteiger charge is -2.15. The molecule has 1 amide bonds. The second-order valence-electron chi connectivity index (χ2n) is 5.87. The standard InChI is InChI=1S/C14H26N2O/c15-13(12-7-8-12)10-16-14(17)9-11-5-3-1-2-4-6-11/h11-13H,1-10,15H2,(H,16,17). The number of carbonyl (C=O) groups excluding carboxylic acids is 1. The Kier molecular flexibility index (Phi) is 4.84. The van der Waals surface area contributed by atoms with E-state index in [2.05, 4.69) is 5.32 Å². The summed E-state index contributed by atoms with van der Waals surface area (Å²) in [6, 6.07) is 0.188. The number of hydrogen-bond acceptors (Lipinski definition) is 2. The van der Waals surface area contributed by atoms with Gasteiger partial charge in [-0.25, -0.2) is 0 Å². The molecule has 0 aromatic rings. The molecule has 3 nitrogen and oxygen atoms in total. The van der Waals surface area contributed by atoms with Gasteiger partial charge in [0, 0.05) is 19.0 Å². The summed E-state index contributed by atoms with van der Waals surface area (Å²) in [4.78, 5) is 11.8. The van der Waals surface area contributed by atoms with Crippen LogP contribution in [0.1, 0.15) is 57.8 Å². The van der Waals surface area contributed by atoms with Gasteiger partial charge in [0.25, 0.3) is 0 Å². The molecule has 0 heterocycles. The molecule has 0 spiro atoms. The van der Waals surface area contributed by atoms with Gasteiger partial charge < -0.3 is 11.1 Å². The molecule has 0 aromatic carbocycles. The maximum Gasteiger partial charge on any atom is 0.220 e. The molecule has 0 aliphatic heterocycles. The van der Waals surface area contributed by atoms with Crippen LogP contribution in [0.15, 0.2) is 0 Å². The molecule has 98 valence electrons. The van der Waals surface area contributed by atoms with E-state index in [1.165, 1.54) is 51.4 Å². The molecule has 2 aliphatic carbocycles. The molecule has 0 saturated heterocycles. The van der Waals surface area contributed by atoms with E-state index in [1.807, 2.05) is 0 Å². The summed E-state index contributed by atoms with van der Waals surface area (Å²) in [5, 5.41) is 3.01. The molecular weight excluding hydrogens is 212 g/mol. The van der Waals surface area contributed by atoms with Crippen molar-refractivity contribution in [1.29, 1.82) is 0 Å². The van der Waals surface area contributed by atoms with Crippen LogP contribution in [0.4, 0.5) is 0 Å². The summed E-state index contributed by atoms with van der Waals surface area (Å²) in [6.45, 7) is 0.677. The van der Waals surface area contributed by atoms with E-state index in [4.69, 9.17) is 5.73 Å². The number of amides is 1. The zero-order valence-corrected chi connectivity index (χ0v) is 10.8. The Morgan fingerprint density at radius 2 is 1.76 bits per heavy atom. The first-order valence-electron chi connectivity index (χ1n) is 7.28. The Hall–Kier alpha value is -0.570. The maximum absolute atomic E-state index is 11.8. The van der Waals surface area contributed by atoms with Crippen LogP contribution in [0, 0.1) is 11.8 Å². The van der Waals surface area contributed by atoms with Crippen molar-refractivity contribution in [2.45, 2.75) is 63.8 Å². The van der Waals surface area contributed by atoms with Gasteiger partial charge >= 0.3 is 0 Å². The minimum atomic E-state index is 0.188. The molecule has 0 bridgehead atoms. The van der Waals surface area contributed by atoms with Crippen LogP contribution in [0.25, 0.3) is 0 Å². The highest BCUT2D eigenvalue weighted by atomic mass is 16.1. The first kappa shape index (κ1) is 12.9. The van der Waals surface area contributed by atoms with Crippen LogP contribution in [0.2, 0.25) is 0 Å². The molecule has 1 atom stereocenters. The number of nitrogens with two attached hydrogens (primary N) is 1. The predicted molar refractivity (Wildman–Crippen MR) is 69.5 cm³/mol. The van der Waals surface area contributed by atoms with Gasteiger partial charge in [-0.2, -0.15) is 0 Å². The highest BCUT2D eigenvalue weighted by Crippen LogP contribution is 2.31. The van der Waals surface area contributed by atoms with Crippen molar-refractivity contribution in [3.63, 3.8) is 0 Å². The maximum atomic E-state index is 11.8. The fourth-order valence-corrected chi connectivity index (χ4v) is 2.83. The highest BCUT2D eigenvalue weighted by molar-refractivity contribution is 5.76. The molecule has 2 aliphatic rings. The van der Waals surface area contributed by atoms with Crippen LogP contribution in [0.3, 0.4) is 0 Å². The SMILES string of the molecule is NC(CNC(=O)CC1CCCCCC1)C1CC1. The second kappa shape index (κ2) is 6.39. The van der Waals surface area contributed by atoms with Gasteiger partial charge in [-0.15, -0.1) is 0 Å². The molecule has 0 aromatic heterocycles. The molecule has 17 heavy (non-hydrogen) atoms. The summed E-state index contributed by atoms with van der Waals surface area (Å²) in [5.41, 5.74) is 5.97. The Morgan fingerprint density at radius 1 is 1.12 bits per heavy atom. The Bertz CT molecular complexity index is 243. The minimum Gasteiger partial charge on any atom is -0.355 e. The largest absolute Gasteiger partial charge is 0.355 e. The number of nitrogens with one attached hydrogen (secondary N) is 1. The summed E-state index contributed by atoms with van der Waals surface area (Å²) in [5.74, 6) is 1.51. The van der Waals surface area contributed by atoms with Gasteiger partial charge in [-0.1, -0.05) is 25.7 Å². The Balaban J connectivity index is 1.61. The van der Waals surface area contributed by atoms with Crippen LogP contribution in [-0.2, 0) is 4.79 Å². The molecule has 3 N–H and O–H groups in total. The van der Waals surface area contributed by atoms with Crippen molar-refractivity contribution >= 4 is 5.91 Å². The molecular formula is C14H26N2O. The van der Waals surface area contributed by atoms with Gasteiger partial charge in [0.15, 0.2) is 0 Å². The van der Waals surface area contributed by atoms with E-state index in [-0.39, 0.29) is 11.9 Å². The fourth-order valence-electron chi connectivity index (χ4n) is 2.83. The third-order valence-corrected chi connectivity index (χ3v) is 4.21. The third kappa shape index (κ3) is 4.66. The fraction of sp³-hybridized carbons (Fsp3) is 0.929. The molecule has 3 heteroatoms. The summed E-state index contributed by atoms with van der Waals surface area (Å²) < 4.78 is 0. The average molecular weight is 238 g/mol. The molecule has 2 fully saturated rings. The monoisotopic (exact) mass is 238 g/mol. The van der Waals surface area contributed by atoms with Gasteiger partial charge in [-0.3, -0.25) is 4.79 Å². The molecule has 0 radical (unpaired) electrons. The summed E-state index contributed by atoms with van der Waals surface area (Å²) in [7, 11) is 0. The Morgan fingerprint density at radius 3 is 2.35 bits per heavy atom. The van der Waals surface area contributed by atoms with Crippen molar-refractivity contribution in [3.8, 4) is 0 Å². The highest BCUT2D eigenvalue weighted by Gasteiger charge is 2.28. The van der Waals surface area contributed by atoms with Crippen molar-refractivity contribution in [3.05, 3.63) is 0 Å². The van der Waals surface area contributed by atoms with E-state index in [9.17, 15) is 4.79 Å². The van der Waals surface area contributed by atoms with E-state index in [0.717, 1.165) is 6.42 Å². The summed E-state index contributed by atoms with van der Waals surface area (Å²) >= 11 is 0. The zero-order valence-electron chi connectivity index (χ0n) is 10.8. The predicted octanol–water partition coefficient (Wildman–Crippen LogP) is 2.20. The normalized spacial score (nSPS) is 24.1. The zero-order chi connectivity index (χ0) is 12.1. The van der Waals surface area contributed by atoms with E-state index >= 15 is 0 Å². The van der Waals surface area contributed by atoms with Gasteiger partial charge in [0.1, 0.15) is 0 Å². The van der Waals surface area contributed by atoms with Crippen LogP contribution >= 0.6 is 0 Å². The van der Waals surface area contributed by atoms with Crippen molar-refractivity contribution in [2.24, 2.45) is 17.6 Å².